The lowest BCUT2D eigenvalue weighted by molar-refractivity contribution is 0.0601. The topological polar surface area (TPSA) is 38.3 Å². The van der Waals surface area contributed by atoms with Crippen LogP contribution in [0.3, 0.4) is 0 Å². The van der Waals surface area contributed by atoms with Gasteiger partial charge in [-0.15, -0.1) is 0 Å². The van der Waals surface area contributed by atoms with Crippen molar-refractivity contribution in [3.05, 3.63) is 28.8 Å². The summed E-state index contributed by atoms with van der Waals surface area (Å²) in [5.74, 6) is 0.456. The number of hydrogen-bond acceptors (Lipinski definition) is 3. The molecule has 1 aliphatic carbocycles. The third-order valence-electron chi connectivity index (χ3n) is 3.76. The molecule has 1 fully saturated rings. The maximum atomic E-state index is 11.8. The highest BCUT2D eigenvalue weighted by molar-refractivity contribution is 6.31. The SMILES string of the molecule is COC(=O)c1cc(Cl)ccc1NC1CCC(C)CC1. The molecular formula is C15H20ClNO2. The van der Waals surface area contributed by atoms with Gasteiger partial charge in [0.15, 0.2) is 0 Å². The van der Waals surface area contributed by atoms with E-state index in [2.05, 4.69) is 12.2 Å². The first-order valence-corrected chi connectivity index (χ1v) is 7.12. The van der Waals surface area contributed by atoms with Crippen LogP contribution in [-0.4, -0.2) is 19.1 Å². The van der Waals surface area contributed by atoms with Gasteiger partial charge in [0.05, 0.1) is 12.7 Å². The third-order valence-corrected chi connectivity index (χ3v) is 4.00. The van der Waals surface area contributed by atoms with Crippen molar-refractivity contribution in [2.75, 3.05) is 12.4 Å². The first-order chi connectivity index (χ1) is 9.10. The maximum absolute atomic E-state index is 11.8. The molecule has 0 radical (unpaired) electrons. The van der Waals surface area contributed by atoms with Gasteiger partial charge in [0.1, 0.15) is 0 Å². The summed E-state index contributed by atoms with van der Waals surface area (Å²) in [6.07, 6.45) is 4.76. The van der Waals surface area contributed by atoms with Crippen LogP contribution in [0.25, 0.3) is 0 Å². The Bertz CT molecular complexity index is 453. The van der Waals surface area contributed by atoms with Crippen molar-refractivity contribution in [2.45, 2.75) is 38.6 Å². The van der Waals surface area contributed by atoms with Crippen LogP contribution in [0, 0.1) is 5.92 Å². The Balaban J connectivity index is 2.13. The lowest BCUT2D eigenvalue weighted by atomic mass is 9.87. The molecule has 0 heterocycles. The van der Waals surface area contributed by atoms with Crippen LogP contribution >= 0.6 is 11.6 Å². The normalized spacial score (nSPS) is 22.9. The quantitative estimate of drug-likeness (QED) is 0.847. The lowest BCUT2D eigenvalue weighted by Gasteiger charge is -2.28. The van der Waals surface area contributed by atoms with Crippen LogP contribution in [0.2, 0.25) is 5.02 Å². The summed E-state index contributed by atoms with van der Waals surface area (Å²) < 4.78 is 4.80. The fraction of sp³-hybridized carbons (Fsp3) is 0.533. The largest absolute Gasteiger partial charge is 0.465 e. The molecule has 4 heteroatoms. The van der Waals surface area contributed by atoms with E-state index in [4.69, 9.17) is 16.3 Å². The predicted octanol–water partition coefficient (Wildman–Crippen LogP) is 4.12. The Labute approximate surface area is 119 Å². The second kappa shape index (κ2) is 6.29. The lowest BCUT2D eigenvalue weighted by Crippen LogP contribution is -2.26. The average molecular weight is 282 g/mol. The van der Waals surface area contributed by atoms with E-state index in [-0.39, 0.29) is 5.97 Å². The first-order valence-electron chi connectivity index (χ1n) is 6.74. The third kappa shape index (κ3) is 3.63. The van der Waals surface area contributed by atoms with E-state index in [1.165, 1.54) is 20.0 Å². The molecule has 0 atom stereocenters. The van der Waals surface area contributed by atoms with Gasteiger partial charge in [0.2, 0.25) is 0 Å². The highest BCUT2D eigenvalue weighted by Crippen LogP contribution is 2.28. The number of hydrogen-bond donors (Lipinski definition) is 1. The Hall–Kier alpha value is -1.22. The van der Waals surface area contributed by atoms with E-state index in [1.807, 2.05) is 6.07 Å². The first kappa shape index (κ1) is 14.2. The molecule has 1 aromatic carbocycles. The monoisotopic (exact) mass is 281 g/mol. The molecule has 1 aromatic rings. The standard InChI is InChI=1S/C15H20ClNO2/c1-10-3-6-12(7-4-10)17-14-8-5-11(16)9-13(14)15(18)19-2/h5,8-10,12,17H,3-4,6-7H2,1-2H3. The fourth-order valence-corrected chi connectivity index (χ4v) is 2.72. The minimum Gasteiger partial charge on any atom is -0.465 e. The van der Waals surface area contributed by atoms with Crippen LogP contribution in [0.4, 0.5) is 5.69 Å². The van der Waals surface area contributed by atoms with Gasteiger partial charge in [-0.1, -0.05) is 18.5 Å². The second-order valence-electron chi connectivity index (χ2n) is 5.28. The van der Waals surface area contributed by atoms with Crippen molar-refractivity contribution in [2.24, 2.45) is 5.92 Å². The zero-order valence-electron chi connectivity index (χ0n) is 11.4. The highest BCUT2D eigenvalue weighted by Gasteiger charge is 2.20. The summed E-state index contributed by atoms with van der Waals surface area (Å²) in [6.45, 7) is 2.29. The maximum Gasteiger partial charge on any atom is 0.340 e. The van der Waals surface area contributed by atoms with Crippen molar-refractivity contribution in [1.29, 1.82) is 0 Å². The second-order valence-corrected chi connectivity index (χ2v) is 5.72. The summed E-state index contributed by atoms with van der Waals surface area (Å²) >= 11 is 5.94. The molecule has 1 saturated carbocycles. The van der Waals surface area contributed by atoms with Gasteiger partial charge >= 0.3 is 5.97 Å². The molecule has 104 valence electrons. The van der Waals surface area contributed by atoms with Crippen LogP contribution in [-0.2, 0) is 4.74 Å². The zero-order valence-corrected chi connectivity index (χ0v) is 12.2. The van der Waals surface area contributed by atoms with E-state index < -0.39 is 0 Å². The Morgan fingerprint density at radius 2 is 2.00 bits per heavy atom. The number of ether oxygens (including phenoxy) is 1. The number of halogens is 1. The minimum atomic E-state index is -0.353. The highest BCUT2D eigenvalue weighted by atomic mass is 35.5. The predicted molar refractivity (Wildman–Crippen MR) is 77.8 cm³/mol. The summed E-state index contributed by atoms with van der Waals surface area (Å²) in [5, 5.41) is 4.00. The Kier molecular flexibility index (Phi) is 4.70. The molecule has 3 nitrogen and oxygen atoms in total. The van der Waals surface area contributed by atoms with Gasteiger partial charge < -0.3 is 10.1 Å². The molecule has 0 unspecified atom stereocenters. The zero-order chi connectivity index (χ0) is 13.8. The van der Waals surface area contributed by atoms with E-state index >= 15 is 0 Å². The van der Waals surface area contributed by atoms with Crippen LogP contribution in [0.15, 0.2) is 18.2 Å². The summed E-state index contributed by atoms with van der Waals surface area (Å²) in [7, 11) is 1.38. The van der Waals surface area contributed by atoms with Crippen LogP contribution in [0.1, 0.15) is 43.0 Å². The molecule has 1 N–H and O–H groups in total. The number of benzene rings is 1. The molecular weight excluding hydrogens is 262 g/mol. The molecule has 0 bridgehead atoms. The smallest absolute Gasteiger partial charge is 0.340 e. The van der Waals surface area contributed by atoms with Crippen LogP contribution in [0.5, 0.6) is 0 Å². The summed E-state index contributed by atoms with van der Waals surface area (Å²) in [6, 6.07) is 5.73. The van der Waals surface area contributed by atoms with Gasteiger partial charge in [-0.05, 0) is 49.8 Å². The molecule has 1 aliphatic rings. The molecule has 0 amide bonds. The number of anilines is 1. The number of esters is 1. The average Bonchev–Trinajstić information content (AvgIpc) is 2.42. The van der Waals surface area contributed by atoms with Crippen molar-refractivity contribution < 1.29 is 9.53 Å². The number of nitrogens with one attached hydrogen (secondary N) is 1. The number of rotatable bonds is 3. The van der Waals surface area contributed by atoms with E-state index in [0.29, 0.717) is 16.6 Å². The van der Waals surface area contributed by atoms with Gasteiger partial charge in [0, 0.05) is 16.8 Å². The van der Waals surface area contributed by atoms with Gasteiger partial charge in [-0.25, -0.2) is 4.79 Å². The number of carbonyl (C=O) groups excluding carboxylic acids is 1. The summed E-state index contributed by atoms with van der Waals surface area (Å²) in [5.41, 5.74) is 1.32. The van der Waals surface area contributed by atoms with Crippen LogP contribution < -0.4 is 5.32 Å². The molecule has 0 saturated heterocycles. The molecule has 19 heavy (non-hydrogen) atoms. The van der Waals surface area contributed by atoms with Gasteiger partial charge in [-0.3, -0.25) is 0 Å². The minimum absolute atomic E-state index is 0.353. The molecule has 0 aliphatic heterocycles. The summed E-state index contributed by atoms with van der Waals surface area (Å²) in [4.78, 5) is 11.8. The molecule has 0 aromatic heterocycles. The van der Waals surface area contributed by atoms with Crippen molar-refractivity contribution in [1.82, 2.24) is 0 Å². The van der Waals surface area contributed by atoms with Gasteiger partial charge in [0.25, 0.3) is 0 Å². The molecule has 0 spiro atoms. The van der Waals surface area contributed by atoms with E-state index in [1.54, 1.807) is 12.1 Å². The fourth-order valence-electron chi connectivity index (χ4n) is 2.55. The Morgan fingerprint density at radius 3 is 2.63 bits per heavy atom. The van der Waals surface area contributed by atoms with E-state index in [0.717, 1.165) is 24.4 Å². The van der Waals surface area contributed by atoms with Crippen molar-refractivity contribution in [3.8, 4) is 0 Å². The number of methoxy groups -OCH3 is 1. The Morgan fingerprint density at radius 1 is 1.32 bits per heavy atom. The van der Waals surface area contributed by atoms with E-state index in [9.17, 15) is 4.79 Å². The number of carbonyl (C=O) groups is 1. The van der Waals surface area contributed by atoms with Crippen molar-refractivity contribution in [3.63, 3.8) is 0 Å². The van der Waals surface area contributed by atoms with Crippen molar-refractivity contribution >= 4 is 23.3 Å². The molecule has 2 rings (SSSR count). The van der Waals surface area contributed by atoms with Gasteiger partial charge in [-0.2, -0.15) is 0 Å².